The smallest absolute Gasteiger partial charge is 0.115 e. The molecule has 1 aromatic rings. The van der Waals surface area contributed by atoms with E-state index >= 15 is 0 Å². The van der Waals surface area contributed by atoms with Crippen molar-refractivity contribution in [3.05, 3.63) is 29.8 Å². The Balaban J connectivity index is 1.84. The van der Waals surface area contributed by atoms with Gasteiger partial charge in [0.2, 0.25) is 0 Å². The van der Waals surface area contributed by atoms with Crippen molar-refractivity contribution >= 4 is 0 Å². The molecule has 2 rings (SSSR count). The summed E-state index contributed by atoms with van der Waals surface area (Å²) in [6, 6.07) is 8.04. The van der Waals surface area contributed by atoms with Gasteiger partial charge in [-0.1, -0.05) is 26.0 Å². The molecule has 1 aromatic carbocycles. The van der Waals surface area contributed by atoms with Crippen molar-refractivity contribution in [3.63, 3.8) is 0 Å². The van der Waals surface area contributed by atoms with Crippen LogP contribution in [0.3, 0.4) is 0 Å². The summed E-state index contributed by atoms with van der Waals surface area (Å²) in [5, 5.41) is 12.6. The van der Waals surface area contributed by atoms with Gasteiger partial charge in [0.1, 0.15) is 5.75 Å². The van der Waals surface area contributed by atoms with Gasteiger partial charge < -0.3 is 10.4 Å². The highest BCUT2D eigenvalue weighted by molar-refractivity contribution is 5.26. The van der Waals surface area contributed by atoms with Gasteiger partial charge in [-0.3, -0.25) is 0 Å². The Morgan fingerprint density at radius 2 is 1.93 bits per heavy atom. The maximum Gasteiger partial charge on any atom is 0.115 e. The second kappa shape index (κ2) is 3.28. The van der Waals surface area contributed by atoms with E-state index in [1.54, 1.807) is 12.1 Å². The molecule has 1 aliphatic rings. The highest BCUT2D eigenvalue weighted by Crippen LogP contribution is 2.44. The maximum atomic E-state index is 9.11. The number of phenolic OH excluding ortho intramolecular Hbond substituents is 1. The zero-order valence-corrected chi connectivity index (χ0v) is 8.75. The third-order valence-electron chi connectivity index (χ3n) is 3.00. The number of hydrogen-bond donors (Lipinski definition) is 2. The fourth-order valence-electron chi connectivity index (χ4n) is 1.67. The van der Waals surface area contributed by atoms with Crippen LogP contribution in [-0.4, -0.2) is 11.1 Å². The first-order valence-electron chi connectivity index (χ1n) is 5.09. The molecule has 0 spiro atoms. The molecule has 1 unspecified atom stereocenters. The lowest BCUT2D eigenvalue weighted by Gasteiger charge is -2.06. The molecule has 76 valence electrons. The number of nitrogens with one attached hydrogen (secondary N) is 1. The molecule has 0 bridgehead atoms. The molecule has 0 saturated heterocycles. The van der Waals surface area contributed by atoms with E-state index in [1.165, 1.54) is 12.0 Å². The molecule has 2 N–H and O–H groups in total. The van der Waals surface area contributed by atoms with Crippen LogP contribution >= 0.6 is 0 Å². The van der Waals surface area contributed by atoms with E-state index in [2.05, 4.69) is 19.2 Å². The van der Waals surface area contributed by atoms with E-state index in [1.807, 2.05) is 12.1 Å². The van der Waals surface area contributed by atoms with Crippen LogP contribution in [0.2, 0.25) is 0 Å². The van der Waals surface area contributed by atoms with E-state index < -0.39 is 0 Å². The monoisotopic (exact) mass is 191 g/mol. The Hall–Kier alpha value is -1.02. The molecule has 0 aliphatic heterocycles. The highest BCUT2D eigenvalue weighted by atomic mass is 16.3. The second-order valence-electron chi connectivity index (χ2n) is 4.79. The van der Waals surface area contributed by atoms with Crippen LogP contribution in [0.15, 0.2) is 24.3 Å². The van der Waals surface area contributed by atoms with Gasteiger partial charge in [-0.15, -0.1) is 0 Å². The molecule has 1 fully saturated rings. The Morgan fingerprint density at radius 1 is 1.36 bits per heavy atom. The molecule has 0 amide bonds. The molecule has 14 heavy (non-hydrogen) atoms. The molecule has 0 heterocycles. The zero-order valence-electron chi connectivity index (χ0n) is 8.75. The average molecular weight is 191 g/mol. The Morgan fingerprint density at radius 3 is 2.43 bits per heavy atom. The van der Waals surface area contributed by atoms with Crippen molar-refractivity contribution in [1.29, 1.82) is 0 Å². The fourth-order valence-corrected chi connectivity index (χ4v) is 1.67. The van der Waals surface area contributed by atoms with Gasteiger partial charge in [-0.2, -0.15) is 0 Å². The summed E-state index contributed by atoms with van der Waals surface area (Å²) in [7, 11) is 0. The van der Waals surface area contributed by atoms with Crippen LogP contribution in [0, 0.1) is 5.41 Å². The van der Waals surface area contributed by atoms with E-state index in [-0.39, 0.29) is 0 Å². The van der Waals surface area contributed by atoms with Crippen LogP contribution in [-0.2, 0) is 6.54 Å². The van der Waals surface area contributed by atoms with Gasteiger partial charge in [-0.25, -0.2) is 0 Å². The zero-order chi connectivity index (χ0) is 10.2. The molecular formula is C12H17NO. The Labute approximate surface area is 85.0 Å². The first kappa shape index (κ1) is 9.53. The number of rotatable bonds is 3. The molecule has 2 nitrogen and oxygen atoms in total. The number of benzene rings is 1. The van der Waals surface area contributed by atoms with E-state index in [0.717, 1.165) is 6.54 Å². The number of hydrogen-bond acceptors (Lipinski definition) is 2. The third-order valence-corrected chi connectivity index (χ3v) is 3.00. The third kappa shape index (κ3) is 2.07. The standard InChI is InChI=1S/C12H17NO/c1-12(2)7-11(12)13-8-9-3-5-10(14)6-4-9/h3-6,11,13-14H,7-8H2,1-2H3. The maximum absolute atomic E-state index is 9.11. The van der Waals surface area contributed by atoms with Gasteiger partial charge in [0.05, 0.1) is 0 Å². The van der Waals surface area contributed by atoms with Gasteiger partial charge >= 0.3 is 0 Å². The van der Waals surface area contributed by atoms with Crippen LogP contribution < -0.4 is 5.32 Å². The molecule has 1 saturated carbocycles. The van der Waals surface area contributed by atoms with Crippen LogP contribution in [0.5, 0.6) is 5.75 Å². The number of phenols is 1. The molecule has 0 radical (unpaired) electrons. The molecule has 1 aliphatic carbocycles. The van der Waals surface area contributed by atoms with Gasteiger partial charge in [0, 0.05) is 12.6 Å². The lowest BCUT2D eigenvalue weighted by atomic mass is 10.2. The van der Waals surface area contributed by atoms with Crippen LogP contribution in [0.25, 0.3) is 0 Å². The molecule has 0 aromatic heterocycles. The normalized spacial score (nSPS) is 23.4. The summed E-state index contributed by atoms with van der Waals surface area (Å²) in [5.74, 6) is 0.334. The summed E-state index contributed by atoms with van der Waals surface area (Å²) in [4.78, 5) is 0. The van der Waals surface area contributed by atoms with Gasteiger partial charge in [0.15, 0.2) is 0 Å². The van der Waals surface area contributed by atoms with Crippen molar-refractivity contribution in [2.75, 3.05) is 0 Å². The highest BCUT2D eigenvalue weighted by Gasteiger charge is 2.44. The van der Waals surface area contributed by atoms with E-state index in [9.17, 15) is 0 Å². The Kier molecular flexibility index (Phi) is 2.23. The Bertz CT molecular complexity index is 316. The van der Waals surface area contributed by atoms with Crippen LogP contribution in [0.4, 0.5) is 0 Å². The van der Waals surface area contributed by atoms with Crippen molar-refractivity contribution in [2.24, 2.45) is 5.41 Å². The van der Waals surface area contributed by atoms with Gasteiger partial charge in [0.25, 0.3) is 0 Å². The minimum Gasteiger partial charge on any atom is -0.508 e. The fraction of sp³-hybridized carbons (Fsp3) is 0.500. The first-order chi connectivity index (χ1) is 6.58. The summed E-state index contributed by atoms with van der Waals surface area (Å²) >= 11 is 0. The quantitative estimate of drug-likeness (QED) is 0.768. The lowest BCUT2D eigenvalue weighted by molar-refractivity contribution is 0.474. The van der Waals surface area contributed by atoms with E-state index in [4.69, 9.17) is 5.11 Å². The summed E-state index contributed by atoms with van der Waals surface area (Å²) < 4.78 is 0. The minimum atomic E-state index is 0.334. The predicted molar refractivity (Wildman–Crippen MR) is 57.1 cm³/mol. The van der Waals surface area contributed by atoms with Crippen molar-refractivity contribution < 1.29 is 5.11 Å². The summed E-state index contributed by atoms with van der Waals surface area (Å²) in [6.45, 7) is 5.46. The predicted octanol–water partition coefficient (Wildman–Crippen LogP) is 2.28. The van der Waals surface area contributed by atoms with Crippen LogP contribution in [0.1, 0.15) is 25.8 Å². The SMILES string of the molecule is CC1(C)CC1NCc1ccc(O)cc1. The lowest BCUT2D eigenvalue weighted by Crippen LogP contribution is -2.19. The largest absolute Gasteiger partial charge is 0.508 e. The minimum absolute atomic E-state index is 0.334. The van der Waals surface area contributed by atoms with Crippen molar-refractivity contribution in [1.82, 2.24) is 5.32 Å². The average Bonchev–Trinajstić information content (AvgIpc) is 2.73. The van der Waals surface area contributed by atoms with E-state index in [0.29, 0.717) is 17.2 Å². The molecular weight excluding hydrogens is 174 g/mol. The van der Waals surface area contributed by atoms with Crippen molar-refractivity contribution in [3.8, 4) is 5.75 Å². The topological polar surface area (TPSA) is 32.3 Å². The molecule has 1 atom stereocenters. The summed E-state index contributed by atoms with van der Waals surface area (Å²) in [6.07, 6.45) is 1.27. The first-order valence-corrected chi connectivity index (χ1v) is 5.09. The van der Waals surface area contributed by atoms with Crippen molar-refractivity contribution in [2.45, 2.75) is 32.9 Å². The number of aromatic hydroxyl groups is 1. The van der Waals surface area contributed by atoms with Gasteiger partial charge in [-0.05, 0) is 29.5 Å². The summed E-state index contributed by atoms with van der Waals surface area (Å²) in [5.41, 5.74) is 1.71. The molecule has 2 heteroatoms. The second-order valence-corrected chi connectivity index (χ2v) is 4.79.